The summed E-state index contributed by atoms with van der Waals surface area (Å²) in [5.74, 6) is -2.98. The highest BCUT2D eigenvalue weighted by Gasteiger charge is 2.66. The van der Waals surface area contributed by atoms with Gasteiger partial charge in [0.2, 0.25) is 11.6 Å². The summed E-state index contributed by atoms with van der Waals surface area (Å²) < 4.78 is 45.9. The van der Waals surface area contributed by atoms with Gasteiger partial charge in [0.15, 0.2) is 31.0 Å². The Morgan fingerprint density at radius 3 is 1.57 bits per heavy atom. The van der Waals surface area contributed by atoms with E-state index in [-0.39, 0.29) is 53.4 Å². The number of carbonyl (C=O) groups is 4. The molecule has 5 aromatic rings. The predicted molar refractivity (Wildman–Crippen MR) is 276 cm³/mol. The van der Waals surface area contributed by atoms with Gasteiger partial charge < -0.3 is 52.5 Å². The highest BCUT2D eigenvalue weighted by Crippen LogP contribution is 2.54. The van der Waals surface area contributed by atoms with E-state index in [1.54, 1.807) is 69.2 Å². The van der Waals surface area contributed by atoms with Crippen LogP contribution in [0, 0.1) is 18.8 Å². The molecule has 4 aliphatic carbocycles. The van der Waals surface area contributed by atoms with Crippen molar-refractivity contribution < 1.29 is 71.7 Å². The van der Waals surface area contributed by atoms with Crippen LogP contribution in [0.1, 0.15) is 87.5 Å². The van der Waals surface area contributed by atoms with Gasteiger partial charge in [0.05, 0.1) is 35.2 Å². The lowest BCUT2D eigenvalue weighted by molar-refractivity contribution is -0.133. The molecule has 20 heteroatoms. The van der Waals surface area contributed by atoms with Crippen LogP contribution in [0.15, 0.2) is 124 Å². The maximum absolute atomic E-state index is 14.6. The number of Topliss-reactive ketones (excluding diaryl/α,β-unsaturated/α-hetero) is 2. The first-order valence-corrected chi connectivity index (χ1v) is 27.9. The van der Waals surface area contributed by atoms with Crippen molar-refractivity contribution in [2.45, 2.75) is 113 Å². The van der Waals surface area contributed by atoms with Crippen molar-refractivity contribution >= 4 is 32.2 Å². The van der Waals surface area contributed by atoms with Gasteiger partial charge in [-0.25, -0.2) is 9.59 Å². The average molecular weight is 1060 g/mol. The minimum Gasteiger partial charge on any atom is -0.470 e. The second-order valence-electron chi connectivity index (χ2n) is 21.4. The SMILES string of the molecule is CN(C)[C@@H]1c2onc(OCc3ccccc3)c2C(=O)[C@]2(O)[C@H]1[C@@H](OC(=O)OCc1ccccc1)C=C[C@H]2O[Si](C)(C)C(C)(C)C.Cc1noc2c1C(=O)[C@]1(O)[C@@H]([C@@H](OC(=O)OCc3ccccc3)C=C[C@H]1O)[C@@H]2N(C)C. The van der Waals surface area contributed by atoms with Crippen LogP contribution in [0.2, 0.25) is 18.1 Å². The van der Waals surface area contributed by atoms with Gasteiger partial charge in [-0.3, -0.25) is 19.4 Å². The number of aliphatic hydroxyl groups is 3. The van der Waals surface area contributed by atoms with E-state index in [4.69, 9.17) is 37.2 Å². The quantitative estimate of drug-likeness (QED) is 0.0577. The normalized spacial score (nSPS) is 26.6. The molecule has 0 saturated heterocycles. The molecule has 0 saturated carbocycles. The van der Waals surface area contributed by atoms with E-state index in [1.807, 2.05) is 78.9 Å². The zero-order chi connectivity index (χ0) is 54.9. The van der Waals surface area contributed by atoms with Crippen LogP contribution >= 0.6 is 0 Å². The Hall–Kier alpha value is -6.78. The molecule has 10 atom stereocenters. The fourth-order valence-electron chi connectivity index (χ4n) is 10.1. The Bertz CT molecular complexity index is 2940. The highest BCUT2D eigenvalue weighted by molar-refractivity contribution is 6.74. The molecule has 0 bridgehead atoms. The average Bonchev–Trinajstić information content (AvgIpc) is 4.15. The molecule has 76 heavy (non-hydrogen) atoms. The Kier molecular flexibility index (Phi) is 16.1. The zero-order valence-electron chi connectivity index (χ0n) is 44.2. The number of aliphatic hydroxyl groups excluding tert-OH is 1. The van der Waals surface area contributed by atoms with Crippen LogP contribution in [-0.4, -0.2) is 131 Å². The summed E-state index contributed by atoms with van der Waals surface area (Å²) in [4.78, 5) is 56.8. The number of carbonyl (C=O) groups excluding carboxylic acids is 4. The van der Waals surface area contributed by atoms with E-state index >= 15 is 0 Å². The van der Waals surface area contributed by atoms with Crippen molar-refractivity contribution in [2.24, 2.45) is 11.8 Å². The number of aryl methyl sites for hydroxylation is 1. The number of rotatable bonds is 13. The summed E-state index contributed by atoms with van der Waals surface area (Å²) in [6.45, 7) is 12.1. The third-order valence-electron chi connectivity index (χ3n) is 15.0. The number of ketones is 2. The van der Waals surface area contributed by atoms with Crippen LogP contribution in [0.25, 0.3) is 0 Å². The van der Waals surface area contributed by atoms with Crippen LogP contribution in [0.3, 0.4) is 0 Å². The van der Waals surface area contributed by atoms with E-state index in [0.29, 0.717) is 5.69 Å². The molecular weight excluding hydrogens is 997 g/mol. The first kappa shape index (κ1) is 55.4. The minimum atomic E-state index is -2.53. The number of ether oxygens (including phenoxy) is 5. The van der Waals surface area contributed by atoms with Gasteiger partial charge in [0.25, 0.3) is 5.88 Å². The Morgan fingerprint density at radius 1 is 0.645 bits per heavy atom. The minimum absolute atomic E-state index is 0.00650. The number of benzene rings is 3. The lowest BCUT2D eigenvalue weighted by Gasteiger charge is -2.52. The van der Waals surface area contributed by atoms with Crippen molar-refractivity contribution in [1.29, 1.82) is 0 Å². The van der Waals surface area contributed by atoms with Gasteiger partial charge in [-0.15, -0.1) is 0 Å². The largest absolute Gasteiger partial charge is 0.509 e. The van der Waals surface area contributed by atoms with Crippen LogP contribution in [-0.2, 0) is 43.2 Å². The summed E-state index contributed by atoms with van der Waals surface area (Å²) in [6.07, 6.45) is -0.527. The lowest BCUT2D eigenvalue weighted by atomic mass is 9.63. The lowest BCUT2D eigenvalue weighted by Crippen LogP contribution is -2.67. The van der Waals surface area contributed by atoms with Crippen LogP contribution in [0.4, 0.5) is 9.59 Å². The number of hydrogen-bond donors (Lipinski definition) is 3. The van der Waals surface area contributed by atoms with Crippen molar-refractivity contribution in [3.8, 4) is 5.88 Å². The summed E-state index contributed by atoms with van der Waals surface area (Å²) in [5, 5.41) is 42.6. The molecule has 404 valence electrons. The molecule has 3 aromatic carbocycles. The molecule has 3 N–H and O–H groups in total. The summed E-state index contributed by atoms with van der Waals surface area (Å²) in [5.41, 5.74) is -1.43. The third-order valence-corrected chi connectivity index (χ3v) is 19.4. The molecule has 0 spiro atoms. The Labute approximate surface area is 442 Å². The number of aromatic nitrogens is 2. The van der Waals surface area contributed by atoms with Crippen molar-refractivity contribution in [2.75, 3.05) is 28.2 Å². The van der Waals surface area contributed by atoms with Gasteiger partial charge in [-0.2, -0.15) is 0 Å². The highest BCUT2D eigenvalue weighted by atomic mass is 28.4. The van der Waals surface area contributed by atoms with Gasteiger partial charge in [-0.05, 0) is 87.2 Å². The number of nitrogens with zero attached hydrogens (tertiary/aromatic N) is 4. The zero-order valence-corrected chi connectivity index (χ0v) is 45.2. The molecule has 19 nitrogen and oxygen atoms in total. The standard InChI is InChI=1S/C34H42N2O8Si.C22H24N2O7/c1-33(2,3)45(6,7)44-25-19-18-24(42-32(38)41-21-23-16-12-9-13-17-23)27-28(36(4)5)29-26(30(37)34(25,27)39)31(35-43-29)40-20-22-14-10-8-11-15-22;1-12-16-19(31-23-12)18(24(2)3)17-14(9-10-15(25)22(17,28)20(16)26)30-21(27)29-11-13-7-5-4-6-8-13/h8-19,24-25,27-28,39H,20-21H2,1-7H3;4-10,14-15,17-18,25,28H,11H2,1-3H3/t24-,25+,27-,28-,34+;14-,15+,17-,18-,22+/m00/s1. The van der Waals surface area contributed by atoms with E-state index in [9.17, 15) is 34.5 Å². The molecule has 0 radical (unpaired) electrons. The molecule has 9 rings (SSSR count). The van der Waals surface area contributed by atoms with Gasteiger partial charge in [0.1, 0.15) is 49.8 Å². The van der Waals surface area contributed by atoms with E-state index in [2.05, 4.69) is 44.2 Å². The fraction of sp³-hybridized carbons (Fsp3) is 0.429. The van der Waals surface area contributed by atoms with Crippen LogP contribution < -0.4 is 4.74 Å². The molecular formula is C56H66N4O15Si. The van der Waals surface area contributed by atoms with E-state index < -0.39 is 91.7 Å². The number of hydrogen-bond acceptors (Lipinski definition) is 19. The summed E-state index contributed by atoms with van der Waals surface area (Å²) in [7, 11) is 4.53. The second-order valence-corrected chi connectivity index (χ2v) is 26.2. The van der Waals surface area contributed by atoms with Crippen molar-refractivity contribution in [1.82, 2.24) is 20.1 Å². The Balaban J connectivity index is 0.000000215. The molecule has 0 aliphatic heterocycles. The molecule has 2 aromatic heterocycles. The Morgan fingerprint density at radius 2 is 1.08 bits per heavy atom. The monoisotopic (exact) mass is 1060 g/mol. The summed E-state index contributed by atoms with van der Waals surface area (Å²) >= 11 is 0. The van der Waals surface area contributed by atoms with E-state index in [1.165, 1.54) is 12.2 Å². The molecule has 0 unspecified atom stereocenters. The first-order valence-electron chi connectivity index (χ1n) is 25.0. The van der Waals surface area contributed by atoms with Gasteiger partial charge >= 0.3 is 12.3 Å². The molecule has 0 fully saturated rings. The molecule has 0 amide bonds. The second kappa shape index (κ2) is 22.1. The van der Waals surface area contributed by atoms with E-state index in [0.717, 1.165) is 16.7 Å². The molecule has 4 aliphatic rings. The predicted octanol–water partition coefficient (Wildman–Crippen LogP) is 7.86. The molecule has 2 heterocycles. The van der Waals surface area contributed by atoms with Gasteiger partial charge in [0, 0.05) is 0 Å². The smallest absolute Gasteiger partial charge is 0.470 e. The summed E-state index contributed by atoms with van der Waals surface area (Å²) in [6, 6.07) is 26.4. The topological polar surface area (TPSA) is 243 Å². The first-order chi connectivity index (χ1) is 36.0. The maximum Gasteiger partial charge on any atom is 0.509 e. The van der Waals surface area contributed by atoms with Crippen molar-refractivity contribution in [3.63, 3.8) is 0 Å². The maximum atomic E-state index is 14.6. The number of fused-ring (bicyclic) bond motifs is 4. The van der Waals surface area contributed by atoms with Gasteiger partial charge in [-0.1, -0.05) is 129 Å². The van der Waals surface area contributed by atoms with Crippen LogP contribution in [0.5, 0.6) is 5.88 Å². The third kappa shape index (κ3) is 10.7. The van der Waals surface area contributed by atoms with Crippen molar-refractivity contribution in [3.05, 3.63) is 160 Å². The fourth-order valence-corrected chi connectivity index (χ4v) is 11.3.